The predicted octanol–water partition coefficient (Wildman–Crippen LogP) is 1.82. The molecule has 2 aromatic rings. The molecule has 0 saturated carbocycles. The average molecular weight is 404 g/mol. The van der Waals surface area contributed by atoms with Gasteiger partial charge < -0.3 is 20.1 Å². The molecule has 2 N–H and O–H groups in total. The second-order valence-corrected chi connectivity index (χ2v) is 6.93. The zero-order chi connectivity index (χ0) is 20.6. The standard InChI is InChI=1S/C20H29FN6O2/c1-4-22-20(23-11-17(29-3)14-5-7-15(21)8-6-14)24-16-9-10-19-25-18(13-28-2)26-27(19)12-16/h5-8,16-17H,4,9-13H2,1-3H3,(H2,22,23,24). The number of hydrogen-bond acceptors (Lipinski definition) is 5. The lowest BCUT2D eigenvalue weighted by atomic mass is 10.1. The first-order valence-corrected chi connectivity index (χ1v) is 9.87. The molecule has 1 aromatic carbocycles. The predicted molar refractivity (Wildman–Crippen MR) is 108 cm³/mol. The van der Waals surface area contributed by atoms with E-state index in [0.717, 1.165) is 43.3 Å². The Morgan fingerprint density at radius 2 is 2.14 bits per heavy atom. The number of aliphatic imine (C=N–C) groups is 1. The van der Waals surface area contributed by atoms with E-state index in [1.54, 1.807) is 26.4 Å². The molecule has 2 heterocycles. The van der Waals surface area contributed by atoms with Gasteiger partial charge in [-0.15, -0.1) is 0 Å². The largest absolute Gasteiger partial charge is 0.377 e. The Labute approximate surface area is 170 Å². The first-order valence-electron chi connectivity index (χ1n) is 9.87. The number of halogens is 1. The Morgan fingerprint density at radius 3 is 2.83 bits per heavy atom. The Bertz CT molecular complexity index is 808. The number of fused-ring (bicyclic) bond motifs is 1. The van der Waals surface area contributed by atoms with Gasteiger partial charge in [-0.3, -0.25) is 4.99 Å². The van der Waals surface area contributed by atoms with Gasteiger partial charge in [-0.1, -0.05) is 12.1 Å². The molecule has 29 heavy (non-hydrogen) atoms. The lowest BCUT2D eigenvalue weighted by molar-refractivity contribution is 0.111. The normalized spacial score (nSPS) is 17.7. The van der Waals surface area contributed by atoms with Gasteiger partial charge in [-0.05, 0) is 31.0 Å². The van der Waals surface area contributed by atoms with E-state index in [4.69, 9.17) is 9.47 Å². The van der Waals surface area contributed by atoms with Gasteiger partial charge in [-0.25, -0.2) is 14.1 Å². The number of ether oxygens (including phenoxy) is 2. The zero-order valence-electron chi connectivity index (χ0n) is 17.2. The van der Waals surface area contributed by atoms with Crippen LogP contribution < -0.4 is 10.6 Å². The molecule has 2 atom stereocenters. The third kappa shape index (κ3) is 5.74. The van der Waals surface area contributed by atoms with Crippen molar-refractivity contribution in [3.63, 3.8) is 0 Å². The fourth-order valence-electron chi connectivity index (χ4n) is 3.35. The van der Waals surface area contributed by atoms with E-state index < -0.39 is 0 Å². The van der Waals surface area contributed by atoms with Crippen LogP contribution in [0.15, 0.2) is 29.3 Å². The Balaban J connectivity index is 1.63. The highest BCUT2D eigenvalue weighted by molar-refractivity contribution is 5.80. The molecule has 0 fully saturated rings. The number of rotatable bonds is 8. The highest BCUT2D eigenvalue weighted by Crippen LogP contribution is 2.18. The molecular formula is C20H29FN6O2. The summed E-state index contributed by atoms with van der Waals surface area (Å²) in [5.41, 5.74) is 0.893. The van der Waals surface area contributed by atoms with Crippen LogP contribution >= 0.6 is 0 Å². The van der Waals surface area contributed by atoms with E-state index in [9.17, 15) is 4.39 Å². The van der Waals surface area contributed by atoms with Crippen LogP contribution in [0.5, 0.6) is 0 Å². The fourth-order valence-corrected chi connectivity index (χ4v) is 3.35. The molecular weight excluding hydrogens is 375 g/mol. The molecule has 0 spiro atoms. The van der Waals surface area contributed by atoms with Gasteiger partial charge in [0.05, 0.1) is 13.1 Å². The van der Waals surface area contributed by atoms with Crippen molar-refractivity contribution in [1.82, 2.24) is 25.4 Å². The van der Waals surface area contributed by atoms with Crippen LogP contribution in [0.3, 0.4) is 0 Å². The van der Waals surface area contributed by atoms with E-state index >= 15 is 0 Å². The number of aromatic nitrogens is 3. The van der Waals surface area contributed by atoms with Crippen LogP contribution in [0.25, 0.3) is 0 Å². The summed E-state index contributed by atoms with van der Waals surface area (Å²) in [7, 11) is 3.28. The van der Waals surface area contributed by atoms with Crippen LogP contribution in [0.1, 0.15) is 36.7 Å². The average Bonchev–Trinajstić information content (AvgIpc) is 3.11. The summed E-state index contributed by atoms with van der Waals surface area (Å²) in [4.78, 5) is 9.19. The van der Waals surface area contributed by atoms with E-state index in [2.05, 4.69) is 25.7 Å². The van der Waals surface area contributed by atoms with E-state index in [1.165, 1.54) is 12.1 Å². The number of nitrogens with one attached hydrogen (secondary N) is 2. The fraction of sp³-hybridized carbons (Fsp3) is 0.550. The highest BCUT2D eigenvalue weighted by Gasteiger charge is 2.22. The molecule has 3 rings (SSSR count). The molecule has 2 unspecified atom stereocenters. The number of benzene rings is 1. The number of methoxy groups -OCH3 is 2. The van der Waals surface area contributed by atoms with Crippen molar-refractivity contribution in [3.8, 4) is 0 Å². The van der Waals surface area contributed by atoms with Crippen molar-refractivity contribution < 1.29 is 13.9 Å². The van der Waals surface area contributed by atoms with Gasteiger partial charge >= 0.3 is 0 Å². The van der Waals surface area contributed by atoms with E-state index in [1.807, 2.05) is 11.6 Å². The molecule has 0 radical (unpaired) electrons. The number of nitrogens with zero attached hydrogens (tertiary/aromatic N) is 4. The smallest absolute Gasteiger partial charge is 0.191 e. The van der Waals surface area contributed by atoms with Gasteiger partial charge in [0.25, 0.3) is 0 Å². The lowest BCUT2D eigenvalue weighted by Gasteiger charge is -2.25. The van der Waals surface area contributed by atoms with Gasteiger partial charge in [0.2, 0.25) is 0 Å². The molecule has 1 aromatic heterocycles. The van der Waals surface area contributed by atoms with E-state index in [0.29, 0.717) is 19.0 Å². The molecule has 0 saturated heterocycles. The van der Waals surface area contributed by atoms with Gasteiger partial charge in [0.1, 0.15) is 24.4 Å². The number of guanidine groups is 1. The third-order valence-electron chi connectivity index (χ3n) is 4.80. The second kappa shape index (κ2) is 10.3. The topological polar surface area (TPSA) is 85.6 Å². The summed E-state index contributed by atoms with van der Waals surface area (Å²) in [5.74, 6) is 2.17. The van der Waals surface area contributed by atoms with Crippen molar-refractivity contribution in [3.05, 3.63) is 47.3 Å². The molecule has 0 bridgehead atoms. The highest BCUT2D eigenvalue weighted by atomic mass is 19.1. The third-order valence-corrected chi connectivity index (χ3v) is 4.80. The van der Waals surface area contributed by atoms with Crippen LogP contribution in [-0.4, -0.2) is 54.1 Å². The Kier molecular flexibility index (Phi) is 7.54. The first kappa shape index (κ1) is 21.2. The van der Waals surface area contributed by atoms with Crippen LogP contribution in [0.4, 0.5) is 4.39 Å². The first-order chi connectivity index (χ1) is 14.1. The molecule has 0 amide bonds. The summed E-state index contributed by atoms with van der Waals surface area (Å²) >= 11 is 0. The molecule has 158 valence electrons. The summed E-state index contributed by atoms with van der Waals surface area (Å²) in [6, 6.07) is 6.52. The number of hydrogen-bond donors (Lipinski definition) is 2. The molecule has 8 nitrogen and oxygen atoms in total. The molecule has 0 aliphatic carbocycles. The maximum atomic E-state index is 13.2. The van der Waals surface area contributed by atoms with Crippen molar-refractivity contribution >= 4 is 5.96 Å². The van der Waals surface area contributed by atoms with Gasteiger partial charge in [0.15, 0.2) is 11.8 Å². The number of aryl methyl sites for hydroxylation is 1. The zero-order valence-corrected chi connectivity index (χ0v) is 17.2. The Hall–Kier alpha value is -2.52. The lowest BCUT2D eigenvalue weighted by Crippen LogP contribution is -2.47. The monoisotopic (exact) mass is 404 g/mol. The minimum Gasteiger partial charge on any atom is -0.377 e. The summed E-state index contributed by atoms with van der Waals surface area (Å²) in [6.07, 6.45) is 1.56. The summed E-state index contributed by atoms with van der Waals surface area (Å²) in [6.45, 7) is 4.35. The van der Waals surface area contributed by atoms with Crippen molar-refractivity contribution in [1.29, 1.82) is 0 Å². The van der Waals surface area contributed by atoms with Crippen LogP contribution in [-0.2, 0) is 29.0 Å². The maximum Gasteiger partial charge on any atom is 0.191 e. The van der Waals surface area contributed by atoms with Crippen LogP contribution in [0.2, 0.25) is 0 Å². The van der Waals surface area contributed by atoms with E-state index in [-0.39, 0.29) is 18.0 Å². The van der Waals surface area contributed by atoms with Gasteiger partial charge in [0, 0.05) is 33.2 Å². The second-order valence-electron chi connectivity index (χ2n) is 6.93. The molecule has 1 aliphatic heterocycles. The van der Waals surface area contributed by atoms with Crippen molar-refractivity contribution in [2.45, 2.75) is 45.1 Å². The minimum absolute atomic E-state index is 0.198. The minimum atomic E-state index is -0.263. The quantitative estimate of drug-likeness (QED) is 0.516. The maximum absolute atomic E-state index is 13.2. The summed E-state index contributed by atoms with van der Waals surface area (Å²) < 4.78 is 25.8. The SMILES string of the molecule is CCNC(=NCC(OC)c1ccc(F)cc1)NC1CCc2nc(COC)nn2C1. The van der Waals surface area contributed by atoms with Gasteiger partial charge in [-0.2, -0.15) is 5.10 Å². The molecule has 9 heteroatoms. The van der Waals surface area contributed by atoms with Crippen LogP contribution in [0, 0.1) is 5.82 Å². The molecule has 1 aliphatic rings. The van der Waals surface area contributed by atoms with Crippen molar-refractivity contribution in [2.75, 3.05) is 27.3 Å². The Morgan fingerprint density at radius 1 is 1.34 bits per heavy atom. The van der Waals surface area contributed by atoms with Crippen molar-refractivity contribution in [2.24, 2.45) is 4.99 Å². The summed E-state index contributed by atoms with van der Waals surface area (Å²) in [5, 5.41) is 11.3.